The van der Waals surface area contributed by atoms with Crippen LogP contribution in [0.1, 0.15) is 5.56 Å². The Bertz CT molecular complexity index is 920. The second kappa shape index (κ2) is 6.64. The van der Waals surface area contributed by atoms with E-state index in [9.17, 15) is 9.18 Å². The van der Waals surface area contributed by atoms with Crippen molar-refractivity contribution in [1.29, 1.82) is 0 Å². The molecule has 0 aliphatic carbocycles. The molecule has 0 fully saturated rings. The standard InChI is InChI=1S/C17H14ClFN6O/c18-11-3-1-2-10(16(11)19)12-4-5-15-22-8-13(25(15)24-12)17(26)23-14-9-20-6-7-21-14/h1-6,8-9,15,21-22H,7H2,(H,23,26). The Labute approximate surface area is 153 Å². The van der Waals surface area contributed by atoms with Crippen molar-refractivity contribution in [2.24, 2.45) is 10.1 Å². The number of benzene rings is 1. The summed E-state index contributed by atoms with van der Waals surface area (Å²) in [6.07, 6.45) is 7.95. The summed E-state index contributed by atoms with van der Waals surface area (Å²) in [6, 6.07) is 4.71. The molecule has 3 aliphatic heterocycles. The Morgan fingerprint density at radius 2 is 2.31 bits per heavy atom. The maximum absolute atomic E-state index is 14.3. The summed E-state index contributed by atoms with van der Waals surface area (Å²) in [7, 11) is 0. The molecule has 1 aromatic carbocycles. The molecule has 7 nitrogen and oxygen atoms in total. The molecular formula is C17H14ClFN6O. The van der Waals surface area contributed by atoms with E-state index in [2.05, 4.69) is 26.0 Å². The fourth-order valence-corrected chi connectivity index (χ4v) is 2.87. The minimum atomic E-state index is -0.549. The van der Waals surface area contributed by atoms with Crippen LogP contribution in [0, 0.1) is 5.82 Å². The van der Waals surface area contributed by atoms with Crippen LogP contribution in [-0.2, 0) is 4.79 Å². The average molecular weight is 373 g/mol. The summed E-state index contributed by atoms with van der Waals surface area (Å²) < 4.78 is 14.3. The summed E-state index contributed by atoms with van der Waals surface area (Å²) in [6.45, 7) is 0.537. The van der Waals surface area contributed by atoms with Gasteiger partial charge in [-0.1, -0.05) is 17.7 Å². The van der Waals surface area contributed by atoms with E-state index in [1.54, 1.807) is 36.7 Å². The van der Waals surface area contributed by atoms with Crippen molar-refractivity contribution in [2.75, 3.05) is 6.54 Å². The first-order valence-corrected chi connectivity index (χ1v) is 8.25. The quantitative estimate of drug-likeness (QED) is 0.749. The zero-order valence-electron chi connectivity index (χ0n) is 13.4. The van der Waals surface area contributed by atoms with E-state index in [1.807, 2.05) is 0 Å². The number of carbonyl (C=O) groups excluding carboxylic acids is 1. The molecule has 9 heteroatoms. The van der Waals surface area contributed by atoms with Gasteiger partial charge >= 0.3 is 0 Å². The fraction of sp³-hybridized carbons (Fsp3) is 0.118. The highest BCUT2D eigenvalue weighted by Crippen LogP contribution is 2.24. The lowest BCUT2D eigenvalue weighted by Gasteiger charge is -2.26. The van der Waals surface area contributed by atoms with E-state index in [4.69, 9.17) is 11.6 Å². The zero-order valence-corrected chi connectivity index (χ0v) is 14.2. The SMILES string of the molecule is O=C(NC1=CN=CCN1)C1=CNC2C=CC(c3cccc(Cl)c3F)=NN12. The number of nitrogens with one attached hydrogen (secondary N) is 3. The van der Waals surface area contributed by atoms with Gasteiger partial charge in [0.15, 0.2) is 5.82 Å². The third-order valence-electron chi connectivity index (χ3n) is 3.95. The lowest BCUT2D eigenvalue weighted by molar-refractivity contribution is -0.118. The van der Waals surface area contributed by atoms with E-state index in [0.717, 1.165) is 0 Å². The largest absolute Gasteiger partial charge is 0.365 e. The fourth-order valence-electron chi connectivity index (χ4n) is 2.69. The van der Waals surface area contributed by atoms with Gasteiger partial charge in [0.05, 0.1) is 23.5 Å². The smallest absolute Gasteiger partial charge is 0.276 e. The van der Waals surface area contributed by atoms with Gasteiger partial charge in [0.1, 0.15) is 17.7 Å². The molecule has 0 saturated carbocycles. The van der Waals surface area contributed by atoms with Crippen LogP contribution in [0.4, 0.5) is 4.39 Å². The topological polar surface area (TPSA) is 81.1 Å². The monoisotopic (exact) mass is 372 g/mol. The molecule has 132 valence electrons. The van der Waals surface area contributed by atoms with Gasteiger partial charge in [0.25, 0.3) is 5.91 Å². The third kappa shape index (κ3) is 2.95. The number of nitrogens with zero attached hydrogens (tertiary/aromatic N) is 3. The maximum atomic E-state index is 14.3. The molecule has 3 heterocycles. The average Bonchev–Trinajstić information content (AvgIpc) is 3.08. The number of amides is 1. The zero-order chi connectivity index (χ0) is 18.1. The van der Waals surface area contributed by atoms with Gasteiger partial charge in [0.2, 0.25) is 0 Å². The molecule has 0 aromatic heterocycles. The van der Waals surface area contributed by atoms with Crippen LogP contribution in [-0.4, -0.2) is 35.6 Å². The Hall–Kier alpha value is -3.13. The van der Waals surface area contributed by atoms with Gasteiger partial charge in [-0.3, -0.25) is 9.79 Å². The number of rotatable bonds is 3. The number of aliphatic imine (C=N–C) groups is 1. The Morgan fingerprint density at radius 1 is 1.42 bits per heavy atom. The van der Waals surface area contributed by atoms with Crippen LogP contribution >= 0.6 is 11.6 Å². The molecule has 0 radical (unpaired) electrons. The molecule has 1 unspecified atom stereocenters. The second-order valence-electron chi connectivity index (χ2n) is 5.64. The van der Waals surface area contributed by atoms with Crippen molar-refractivity contribution in [1.82, 2.24) is 21.0 Å². The van der Waals surface area contributed by atoms with Crippen LogP contribution in [0.25, 0.3) is 0 Å². The molecule has 1 amide bonds. The minimum Gasteiger partial charge on any atom is -0.365 e. The maximum Gasteiger partial charge on any atom is 0.276 e. The molecule has 4 rings (SSSR count). The van der Waals surface area contributed by atoms with Gasteiger partial charge in [0, 0.05) is 18.0 Å². The number of fused-ring (bicyclic) bond motifs is 1. The summed E-state index contributed by atoms with van der Waals surface area (Å²) in [5.74, 6) is -0.409. The van der Waals surface area contributed by atoms with Crippen LogP contribution in [0.15, 0.2) is 64.4 Å². The molecule has 1 atom stereocenters. The van der Waals surface area contributed by atoms with Gasteiger partial charge < -0.3 is 16.0 Å². The predicted octanol–water partition coefficient (Wildman–Crippen LogP) is 1.41. The highest BCUT2D eigenvalue weighted by Gasteiger charge is 2.32. The lowest BCUT2D eigenvalue weighted by Crippen LogP contribution is -2.40. The van der Waals surface area contributed by atoms with E-state index in [-0.39, 0.29) is 22.7 Å². The highest BCUT2D eigenvalue weighted by molar-refractivity contribution is 6.31. The summed E-state index contributed by atoms with van der Waals surface area (Å²) in [4.78, 5) is 16.5. The van der Waals surface area contributed by atoms with Gasteiger partial charge in [-0.15, -0.1) is 0 Å². The van der Waals surface area contributed by atoms with E-state index < -0.39 is 5.82 Å². The number of hydrogen-bond donors (Lipinski definition) is 3. The summed E-state index contributed by atoms with van der Waals surface area (Å²) in [5, 5.41) is 14.7. The van der Waals surface area contributed by atoms with E-state index in [0.29, 0.717) is 23.8 Å². The van der Waals surface area contributed by atoms with Crippen molar-refractivity contribution < 1.29 is 9.18 Å². The molecule has 0 saturated heterocycles. The number of hydrazone groups is 1. The molecule has 1 aromatic rings. The van der Waals surface area contributed by atoms with Crippen LogP contribution in [0.3, 0.4) is 0 Å². The first-order valence-electron chi connectivity index (χ1n) is 7.87. The second-order valence-corrected chi connectivity index (χ2v) is 6.05. The molecule has 26 heavy (non-hydrogen) atoms. The van der Waals surface area contributed by atoms with Crippen LogP contribution < -0.4 is 16.0 Å². The number of carbonyl (C=O) groups is 1. The molecule has 0 bridgehead atoms. The minimum absolute atomic E-state index is 0.0182. The van der Waals surface area contributed by atoms with Crippen molar-refractivity contribution in [3.8, 4) is 0 Å². The molecule has 3 N–H and O–H groups in total. The molecule has 3 aliphatic rings. The first kappa shape index (κ1) is 16.3. The Morgan fingerprint density at radius 3 is 3.12 bits per heavy atom. The number of hydrogen-bond acceptors (Lipinski definition) is 6. The van der Waals surface area contributed by atoms with E-state index >= 15 is 0 Å². The lowest BCUT2D eigenvalue weighted by atomic mass is 10.1. The number of allylic oxidation sites excluding steroid dienone is 1. The van der Waals surface area contributed by atoms with Crippen molar-refractivity contribution in [3.63, 3.8) is 0 Å². The normalized spacial score (nSPS) is 20.5. The van der Waals surface area contributed by atoms with Crippen molar-refractivity contribution >= 4 is 29.4 Å². The summed E-state index contributed by atoms with van der Waals surface area (Å²) >= 11 is 5.85. The van der Waals surface area contributed by atoms with Gasteiger partial charge in [-0.25, -0.2) is 9.40 Å². The van der Waals surface area contributed by atoms with Crippen LogP contribution in [0.2, 0.25) is 5.02 Å². The van der Waals surface area contributed by atoms with E-state index in [1.165, 1.54) is 17.3 Å². The predicted molar refractivity (Wildman–Crippen MR) is 96.7 cm³/mol. The highest BCUT2D eigenvalue weighted by atomic mass is 35.5. The van der Waals surface area contributed by atoms with Crippen molar-refractivity contribution in [2.45, 2.75) is 6.17 Å². The molecular weight excluding hydrogens is 359 g/mol. The van der Waals surface area contributed by atoms with Crippen LogP contribution in [0.5, 0.6) is 0 Å². The summed E-state index contributed by atoms with van der Waals surface area (Å²) in [5.41, 5.74) is 0.949. The Kier molecular flexibility index (Phi) is 4.18. The number of halogens is 2. The first-order chi connectivity index (χ1) is 12.6. The van der Waals surface area contributed by atoms with Gasteiger partial charge in [-0.2, -0.15) is 5.10 Å². The third-order valence-corrected chi connectivity index (χ3v) is 4.25. The molecule has 0 spiro atoms. The van der Waals surface area contributed by atoms with Crippen molar-refractivity contribution in [3.05, 3.63) is 70.7 Å². The van der Waals surface area contributed by atoms with Gasteiger partial charge in [-0.05, 0) is 24.3 Å². The Balaban J connectivity index is 1.58.